The Hall–Kier alpha value is -1.76. The fourth-order valence-corrected chi connectivity index (χ4v) is 3.86. The van der Waals surface area contributed by atoms with Crippen LogP contribution in [0.1, 0.15) is 20.6 Å². The molecule has 2 amide bonds. The van der Waals surface area contributed by atoms with Gasteiger partial charge in [0.1, 0.15) is 0 Å². The van der Waals surface area contributed by atoms with Crippen molar-refractivity contribution in [3.05, 3.63) is 28.2 Å². The highest BCUT2D eigenvalue weighted by Gasteiger charge is 2.44. The molecule has 118 valence electrons. The lowest BCUT2D eigenvalue weighted by atomic mass is 9.89. The molecular weight excluding hydrogens is 350 g/mol. The smallest absolute Gasteiger partial charge is 0.407 e. The third-order valence-electron chi connectivity index (χ3n) is 4.29. The molecule has 1 fully saturated rings. The van der Waals surface area contributed by atoms with Gasteiger partial charge in [-0.25, -0.2) is 4.79 Å². The van der Waals surface area contributed by atoms with Crippen LogP contribution in [-0.2, 0) is 4.79 Å². The second-order valence-corrected chi connectivity index (χ2v) is 6.28. The number of para-hydroxylation sites is 1. The van der Waals surface area contributed by atoms with Crippen molar-refractivity contribution >= 4 is 33.6 Å². The minimum absolute atomic E-state index is 0.165. The zero-order valence-corrected chi connectivity index (χ0v) is 13.6. The average molecular weight is 370 g/mol. The summed E-state index contributed by atoms with van der Waals surface area (Å²) in [6.07, 6.45) is -0.507. The molecule has 2 unspecified atom stereocenters. The maximum absolute atomic E-state index is 12.1. The second-order valence-electron chi connectivity index (χ2n) is 5.43. The average Bonchev–Trinajstić information content (AvgIpc) is 2.89. The molecule has 22 heavy (non-hydrogen) atoms. The van der Waals surface area contributed by atoms with Gasteiger partial charge in [0.15, 0.2) is 0 Å². The van der Waals surface area contributed by atoms with Crippen LogP contribution in [0.25, 0.3) is 0 Å². The van der Waals surface area contributed by atoms with Gasteiger partial charge in [-0.15, -0.1) is 0 Å². The molecule has 0 bridgehead atoms. The van der Waals surface area contributed by atoms with Crippen molar-refractivity contribution < 1.29 is 17.4 Å². The number of halogens is 1. The predicted molar refractivity (Wildman–Crippen MR) is 86.3 cm³/mol. The lowest BCUT2D eigenvalue weighted by Crippen LogP contribution is -2.49. The molecule has 2 aliphatic heterocycles. The van der Waals surface area contributed by atoms with E-state index in [9.17, 15) is 14.7 Å². The topological polar surface area (TPSA) is 72.9 Å². The number of benzene rings is 1. The van der Waals surface area contributed by atoms with Crippen LogP contribution >= 0.6 is 15.9 Å². The highest BCUT2D eigenvalue weighted by molar-refractivity contribution is 9.10. The third-order valence-corrected chi connectivity index (χ3v) is 4.93. The van der Waals surface area contributed by atoms with Crippen molar-refractivity contribution in [2.45, 2.75) is 18.4 Å². The number of anilines is 1. The first kappa shape index (κ1) is 12.8. The lowest BCUT2D eigenvalue weighted by molar-refractivity contribution is -0.119. The van der Waals surface area contributed by atoms with Crippen molar-refractivity contribution in [3.8, 4) is 0 Å². The number of hydrogen-bond acceptors (Lipinski definition) is 3. The van der Waals surface area contributed by atoms with E-state index in [1.807, 2.05) is 12.1 Å². The number of amides is 2. The summed E-state index contributed by atoms with van der Waals surface area (Å²) >= 11 is 3.46. The van der Waals surface area contributed by atoms with E-state index >= 15 is 0 Å². The fourth-order valence-electron chi connectivity index (χ4n) is 3.28. The van der Waals surface area contributed by atoms with E-state index in [-0.39, 0.29) is 12.0 Å². The Morgan fingerprint density at radius 3 is 3.00 bits per heavy atom. The largest absolute Gasteiger partial charge is 0.465 e. The van der Waals surface area contributed by atoms with Crippen molar-refractivity contribution in [3.63, 3.8) is 0 Å². The van der Waals surface area contributed by atoms with Crippen molar-refractivity contribution in [2.24, 2.45) is 0 Å². The number of nitrogens with zero attached hydrogens (tertiary/aromatic N) is 2. The molecule has 0 aromatic heterocycles. The van der Waals surface area contributed by atoms with Gasteiger partial charge < -0.3 is 20.2 Å². The van der Waals surface area contributed by atoms with Gasteiger partial charge in [-0.1, -0.05) is 12.1 Å². The van der Waals surface area contributed by atoms with Crippen LogP contribution in [0.15, 0.2) is 22.7 Å². The van der Waals surface area contributed by atoms with Crippen LogP contribution in [-0.4, -0.2) is 54.7 Å². The SMILES string of the molecule is [2H]C([2H])(C(=O)NC)N1c2c(Br)cccc2C2CN(C(=O)O)CCC21. The van der Waals surface area contributed by atoms with Gasteiger partial charge in [-0.2, -0.15) is 0 Å². The van der Waals surface area contributed by atoms with Crippen LogP contribution in [0.5, 0.6) is 0 Å². The highest BCUT2D eigenvalue weighted by atomic mass is 79.9. The van der Waals surface area contributed by atoms with Gasteiger partial charge >= 0.3 is 6.09 Å². The Kier molecular flexibility index (Phi) is 3.36. The molecule has 0 radical (unpaired) electrons. The number of nitrogens with one attached hydrogen (secondary N) is 1. The number of carbonyl (C=O) groups is 2. The summed E-state index contributed by atoms with van der Waals surface area (Å²) in [5.41, 5.74) is 1.50. The Morgan fingerprint density at radius 2 is 2.32 bits per heavy atom. The molecule has 3 rings (SSSR count). The summed E-state index contributed by atoms with van der Waals surface area (Å²) in [5, 5.41) is 11.7. The summed E-state index contributed by atoms with van der Waals surface area (Å²) < 4.78 is 17.4. The predicted octanol–water partition coefficient (Wildman–Crippen LogP) is 1.85. The third kappa shape index (κ3) is 2.43. The molecule has 6 nitrogen and oxygen atoms in total. The summed E-state index contributed by atoms with van der Waals surface area (Å²) in [5.74, 6) is -0.882. The molecule has 2 atom stereocenters. The first-order valence-corrected chi connectivity index (χ1v) is 7.86. The first-order chi connectivity index (χ1) is 11.3. The maximum Gasteiger partial charge on any atom is 0.407 e. The summed E-state index contributed by atoms with van der Waals surface area (Å²) in [6, 6.07) is 5.27. The molecule has 2 N–H and O–H groups in total. The van der Waals surface area contributed by atoms with E-state index in [0.29, 0.717) is 29.7 Å². The maximum atomic E-state index is 12.1. The van der Waals surface area contributed by atoms with E-state index in [4.69, 9.17) is 2.74 Å². The van der Waals surface area contributed by atoms with Crippen molar-refractivity contribution in [2.75, 3.05) is 31.5 Å². The molecule has 0 spiro atoms. The lowest BCUT2D eigenvalue weighted by Gasteiger charge is -2.37. The van der Waals surface area contributed by atoms with E-state index in [1.165, 1.54) is 16.8 Å². The Labute approximate surface area is 140 Å². The number of fused-ring (bicyclic) bond motifs is 3. The number of carboxylic acid groups (broad SMARTS) is 1. The zero-order chi connectivity index (χ0) is 17.6. The normalized spacial score (nSPS) is 25.0. The molecular formula is C15H18BrN3O3. The van der Waals surface area contributed by atoms with Crippen LogP contribution in [0.2, 0.25) is 0 Å². The Morgan fingerprint density at radius 1 is 1.55 bits per heavy atom. The molecule has 0 saturated carbocycles. The number of likely N-dealkylation sites (N-methyl/N-ethyl adjacent to an activating group) is 1. The van der Waals surface area contributed by atoms with Crippen LogP contribution < -0.4 is 10.2 Å². The minimum Gasteiger partial charge on any atom is -0.465 e. The van der Waals surface area contributed by atoms with E-state index in [1.54, 1.807) is 6.07 Å². The van der Waals surface area contributed by atoms with Gasteiger partial charge in [0.05, 0.1) is 14.9 Å². The van der Waals surface area contributed by atoms with Gasteiger partial charge in [-0.05, 0) is 34.0 Å². The standard InChI is InChI=1S/C15H18BrN3O3/c1-17-13(20)8-19-12-5-6-18(15(21)22)7-10(12)9-3-2-4-11(16)14(9)19/h2-4,10,12H,5-8H2,1H3,(H,17,20)(H,21,22)/i8D2. The number of carbonyl (C=O) groups excluding carboxylic acids is 1. The Bertz CT molecular complexity index is 701. The summed E-state index contributed by atoms with van der Waals surface area (Å²) in [7, 11) is 1.40. The Balaban J connectivity index is 2.09. The number of rotatable bonds is 2. The number of likely N-dealkylation sites (tertiary alicyclic amines) is 1. The highest BCUT2D eigenvalue weighted by Crippen LogP contribution is 2.47. The van der Waals surface area contributed by atoms with Crippen LogP contribution in [0, 0.1) is 0 Å². The van der Waals surface area contributed by atoms with Crippen molar-refractivity contribution in [1.29, 1.82) is 0 Å². The molecule has 1 aromatic rings. The summed E-state index contributed by atoms with van der Waals surface area (Å²) in [4.78, 5) is 26.3. The summed E-state index contributed by atoms with van der Waals surface area (Å²) in [6.45, 7) is -1.61. The van der Waals surface area contributed by atoms with Crippen molar-refractivity contribution in [1.82, 2.24) is 10.2 Å². The minimum atomic E-state index is -2.22. The van der Waals surface area contributed by atoms with E-state index < -0.39 is 18.5 Å². The molecule has 0 aliphatic carbocycles. The fraction of sp³-hybridized carbons (Fsp3) is 0.467. The second kappa shape index (κ2) is 5.79. The van der Waals surface area contributed by atoms with E-state index in [0.717, 1.165) is 5.56 Å². The first-order valence-electron chi connectivity index (χ1n) is 8.06. The quantitative estimate of drug-likeness (QED) is 0.834. The van der Waals surface area contributed by atoms with Crippen LogP contribution in [0.4, 0.5) is 10.5 Å². The molecule has 2 aliphatic rings. The molecule has 7 heteroatoms. The molecule has 2 heterocycles. The zero-order valence-electron chi connectivity index (χ0n) is 14.0. The number of hydrogen-bond donors (Lipinski definition) is 2. The van der Waals surface area contributed by atoms with Crippen LogP contribution in [0.3, 0.4) is 0 Å². The number of piperidine rings is 1. The van der Waals surface area contributed by atoms with Gasteiger partial charge in [0, 0.05) is 36.6 Å². The van der Waals surface area contributed by atoms with Gasteiger partial charge in [0.2, 0.25) is 5.91 Å². The molecule has 1 saturated heterocycles. The van der Waals surface area contributed by atoms with Gasteiger partial charge in [0.25, 0.3) is 0 Å². The van der Waals surface area contributed by atoms with E-state index in [2.05, 4.69) is 21.2 Å². The monoisotopic (exact) mass is 369 g/mol. The molecule has 1 aromatic carbocycles. The van der Waals surface area contributed by atoms with Gasteiger partial charge in [-0.3, -0.25) is 4.79 Å².